The molecule has 3 N–H and O–H groups in total. The van der Waals surface area contributed by atoms with Gasteiger partial charge in [0.2, 0.25) is 0 Å². The Bertz CT molecular complexity index is 1700. The van der Waals surface area contributed by atoms with E-state index >= 15 is 0 Å². The molecule has 0 radical (unpaired) electrons. The van der Waals surface area contributed by atoms with Gasteiger partial charge in [-0.15, -0.1) is 0 Å². The van der Waals surface area contributed by atoms with Crippen LogP contribution in [0.4, 0.5) is 26.1 Å². The first-order chi connectivity index (χ1) is 20.6. The Morgan fingerprint density at radius 2 is 1.84 bits per heavy atom. The molecule has 12 nitrogen and oxygen atoms in total. The second-order valence-corrected chi connectivity index (χ2v) is 13.1. The molecule has 0 spiro atoms. The highest BCUT2D eigenvalue weighted by molar-refractivity contribution is 7.90. The molecule has 4 aromatic heterocycles. The van der Waals surface area contributed by atoms with Gasteiger partial charge in [-0.1, -0.05) is 0 Å². The molecular weight excluding hydrogens is 582 g/mol. The van der Waals surface area contributed by atoms with E-state index in [1.165, 1.54) is 24.7 Å². The fourth-order valence-electron chi connectivity index (χ4n) is 4.94. The van der Waals surface area contributed by atoms with Gasteiger partial charge in [0.1, 0.15) is 17.4 Å². The standard InChI is InChI=1S/C28H30F2N8O4S/c1-28(39)9-6-18(7-10-28)35-23-12-25(33-15-21(23)22-5-2-19(14-32-22)42-27(29)30)36-24-8-11-31-26(37-24)17-13-34-38(16-17)43(40,41)20-3-4-20/h2,5,8,11-16,18,20,27,39H,3-4,6-7,9-10H2,1H3,(H2,31,33,35,36,37). The van der Waals surface area contributed by atoms with E-state index in [4.69, 9.17) is 0 Å². The number of ether oxygens (including phenoxy) is 1. The summed E-state index contributed by atoms with van der Waals surface area (Å²) in [5, 5.41) is 20.7. The highest BCUT2D eigenvalue weighted by Gasteiger charge is 2.37. The van der Waals surface area contributed by atoms with E-state index in [1.54, 1.807) is 30.6 Å². The highest BCUT2D eigenvalue weighted by atomic mass is 32.2. The molecule has 0 aromatic carbocycles. The van der Waals surface area contributed by atoms with E-state index in [-0.39, 0.29) is 11.8 Å². The van der Waals surface area contributed by atoms with Crippen molar-refractivity contribution >= 4 is 27.3 Å². The number of alkyl halides is 2. The molecule has 0 unspecified atom stereocenters. The molecule has 4 aromatic rings. The van der Waals surface area contributed by atoms with Gasteiger partial charge in [0.05, 0.1) is 40.7 Å². The first kappa shape index (κ1) is 28.9. The number of hydrogen-bond acceptors (Lipinski definition) is 11. The summed E-state index contributed by atoms with van der Waals surface area (Å²) in [5.41, 5.74) is 1.63. The van der Waals surface area contributed by atoms with Crippen LogP contribution in [0.15, 0.2) is 55.2 Å². The average molecular weight is 613 g/mol. The fourth-order valence-corrected chi connectivity index (χ4v) is 6.42. The summed E-state index contributed by atoms with van der Waals surface area (Å²) in [5.74, 6) is 1.13. The quantitative estimate of drug-likeness (QED) is 0.230. The zero-order valence-corrected chi connectivity index (χ0v) is 24.0. The lowest BCUT2D eigenvalue weighted by Gasteiger charge is -2.34. The van der Waals surface area contributed by atoms with Gasteiger partial charge in [0.15, 0.2) is 5.82 Å². The molecule has 43 heavy (non-hydrogen) atoms. The molecule has 2 fully saturated rings. The van der Waals surface area contributed by atoms with E-state index in [0.717, 1.165) is 16.9 Å². The third kappa shape index (κ3) is 6.72. The number of anilines is 3. The number of aromatic nitrogens is 6. The molecule has 6 rings (SSSR count). The summed E-state index contributed by atoms with van der Waals surface area (Å²) in [6.07, 6.45) is 11.3. The van der Waals surface area contributed by atoms with Crippen molar-refractivity contribution in [3.8, 4) is 28.4 Å². The first-order valence-electron chi connectivity index (χ1n) is 13.9. The zero-order chi connectivity index (χ0) is 30.2. The van der Waals surface area contributed by atoms with Crippen molar-refractivity contribution in [2.75, 3.05) is 10.6 Å². The predicted molar refractivity (Wildman–Crippen MR) is 154 cm³/mol. The molecule has 4 heterocycles. The number of aliphatic hydroxyl groups is 1. The van der Waals surface area contributed by atoms with Crippen LogP contribution in [0.5, 0.6) is 5.75 Å². The van der Waals surface area contributed by atoms with Gasteiger partial charge >= 0.3 is 6.61 Å². The summed E-state index contributed by atoms with van der Waals surface area (Å²) in [4.78, 5) is 17.6. The van der Waals surface area contributed by atoms with Gasteiger partial charge in [-0.2, -0.15) is 18.0 Å². The summed E-state index contributed by atoms with van der Waals surface area (Å²) in [7, 11) is -3.51. The Morgan fingerprint density at radius 3 is 2.53 bits per heavy atom. The van der Waals surface area contributed by atoms with E-state index < -0.39 is 27.5 Å². The van der Waals surface area contributed by atoms with Crippen LogP contribution in [0.3, 0.4) is 0 Å². The van der Waals surface area contributed by atoms with Crippen molar-refractivity contribution in [2.45, 2.75) is 69.0 Å². The highest BCUT2D eigenvalue weighted by Crippen LogP contribution is 2.35. The van der Waals surface area contributed by atoms with Gasteiger partial charge in [-0.05, 0) is 63.6 Å². The van der Waals surface area contributed by atoms with Crippen LogP contribution in [0.2, 0.25) is 0 Å². The van der Waals surface area contributed by atoms with Crippen LogP contribution in [0.1, 0.15) is 45.4 Å². The maximum atomic E-state index is 12.6. The fraction of sp³-hybridized carbons (Fsp3) is 0.393. The number of rotatable bonds is 10. The minimum atomic E-state index is -3.51. The molecule has 0 atom stereocenters. The lowest BCUT2D eigenvalue weighted by molar-refractivity contribution is -0.0500. The second-order valence-electron chi connectivity index (χ2n) is 11.0. The molecule has 2 aliphatic rings. The molecule has 0 saturated heterocycles. The molecule has 2 saturated carbocycles. The maximum Gasteiger partial charge on any atom is 0.387 e. The van der Waals surface area contributed by atoms with Crippen LogP contribution in [-0.2, 0) is 10.0 Å². The largest absolute Gasteiger partial charge is 0.433 e. The summed E-state index contributed by atoms with van der Waals surface area (Å²) in [6.45, 7) is -1.11. The average Bonchev–Trinajstić information content (AvgIpc) is 3.72. The molecular formula is C28H30F2N8O4S. The Kier molecular flexibility index (Phi) is 7.68. The van der Waals surface area contributed by atoms with Crippen LogP contribution >= 0.6 is 0 Å². The van der Waals surface area contributed by atoms with Gasteiger partial charge in [-0.25, -0.2) is 23.4 Å². The Balaban J connectivity index is 1.25. The first-order valence-corrected chi connectivity index (χ1v) is 15.4. The van der Waals surface area contributed by atoms with Crippen molar-refractivity contribution in [3.05, 3.63) is 55.2 Å². The van der Waals surface area contributed by atoms with E-state index in [1.807, 2.05) is 6.92 Å². The third-order valence-electron chi connectivity index (χ3n) is 7.50. The minimum Gasteiger partial charge on any atom is -0.433 e. The molecule has 15 heteroatoms. The normalized spacial score (nSPS) is 20.6. The Morgan fingerprint density at radius 1 is 1.05 bits per heavy atom. The van der Waals surface area contributed by atoms with Crippen molar-refractivity contribution < 1.29 is 27.0 Å². The predicted octanol–water partition coefficient (Wildman–Crippen LogP) is 4.59. The molecule has 0 amide bonds. The van der Waals surface area contributed by atoms with Gasteiger partial charge in [0, 0.05) is 35.8 Å². The maximum absolute atomic E-state index is 12.6. The zero-order valence-electron chi connectivity index (χ0n) is 23.2. The van der Waals surface area contributed by atoms with Gasteiger partial charge in [-0.3, -0.25) is 4.98 Å². The minimum absolute atomic E-state index is 0.0516. The topological polar surface area (TPSA) is 157 Å². The number of pyridine rings is 2. The summed E-state index contributed by atoms with van der Waals surface area (Å²) in [6, 6.07) is 6.55. The second kappa shape index (κ2) is 11.4. The van der Waals surface area contributed by atoms with Crippen LogP contribution in [-0.4, -0.2) is 66.2 Å². The molecule has 0 aliphatic heterocycles. The van der Waals surface area contributed by atoms with Crippen LogP contribution in [0.25, 0.3) is 22.6 Å². The van der Waals surface area contributed by atoms with Crippen LogP contribution in [0, 0.1) is 0 Å². The van der Waals surface area contributed by atoms with Crippen molar-refractivity contribution in [1.29, 1.82) is 0 Å². The Hall–Kier alpha value is -4.24. The van der Waals surface area contributed by atoms with Crippen molar-refractivity contribution in [1.82, 2.24) is 29.1 Å². The molecule has 2 aliphatic carbocycles. The van der Waals surface area contributed by atoms with E-state index in [2.05, 4.69) is 40.4 Å². The van der Waals surface area contributed by atoms with E-state index in [0.29, 0.717) is 65.7 Å². The smallest absolute Gasteiger partial charge is 0.387 e. The Labute approximate surface area is 246 Å². The monoisotopic (exact) mass is 612 g/mol. The summed E-state index contributed by atoms with van der Waals surface area (Å²) >= 11 is 0. The number of halogens is 2. The number of nitrogens with zero attached hydrogens (tertiary/aromatic N) is 6. The lowest BCUT2D eigenvalue weighted by atomic mass is 9.83. The van der Waals surface area contributed by atoms with Gasteiger partial charge < -0.3 is 20.5 Å². The number of nitrogens with one attached hydrogen (secondary N) is 2. The summed E-state index contributed by atoms with van der Waals surface area (Å²) < 4.78 is 55.7. The third-order valence-corrected chi connectivity index (χ3v) is 9.54. The number of hydrogen-bond donors (Lipinski definition) is 3. The SMILES string of the molecule is CC1(O)CCC(Nc2cc(Nc3ccnc(-c4cnn(S(=O)(=O)C5CC5)c4)n3)ncc2-c2ccc(OC(F)F)cn2)CC1. The van der Waals surface area contributed by atoms with Crippen LogP contribution < -0.4 is 15.4 Å². The lowest BCUT2D eigenvalue weighted by Crippen LogP contribution is -2.35. The van der Waals surface area contributed by atoms with E-state index in [9.17, 15) is 22.3 Å². The van der Waals surface area contributed by atoms with Crippen molar-refractivity contribution in [2.24, 2.45) is 0 Å². The van der Waals surface area contributed by atoms with Gasteiger partial charge in [0.25, 0.3) is 10.0 Å². The molecule has 226 valence electrons. The van der Waals surface area contributed by atoms with Crippen molar-refractivity contribution in [3.63, 3.8) is 0 Å². The molecule has 0 bridgehead atoms.